The number of allylic oxidation sites excluding steroid dienone is 1. The minimum absolute atomic E-state index is 0.368. The Labute approximate surface area is 302 Å². The van der Waals surface area contributed by atoms with Gasteiger partial charge in [-0.25, -0.2) is 0 Å². The van der Waals surface area contributed by atoms with E-state index in [1.807, 2.05) is 36.2 Å². The molecule has 3 aliphatic carbocycles. The van der Waals surface area contributed by atoms with Crippen LogP contribution >= 0.6 is 23.5 Å². The summed E-state index contributed by atoms with van der Waals surface area (Å²) in [6.07, 6.45) is 14.8. The SMILES string of the molecule is CC1(C)CCC(c2ccc(Cl)cc2)=C(CN2CCN(c3ccc(C=O)cc3)CC2)C1.CCCC12CC(C)CC(CC(C)(CSNC)C1)C2. The van der Waals surface area contributed by atoms with Crippen molar-refractivity contribution < 1.29 is 4.79 Å². The molecule has 48 heavy (non-hydrogen) atoms. The molecule has 0 spiro atoms. The Morgan fingerprint density at radius 1 is 0.979 bits per heavy atom. The largest absolute Gasteiger partial charge is 0.369 e. The summed E-state index contributed by atoms with van der Waals surface area (Å²) in [6, 6.07) is 16.3. The van der Waals surface area contributed by atoms with Gasteiger partial charge in [-0.1, -0.05) is 82.3 Å². The van der Waals surface area contributed by atoms with E-state index in [-0.39, 0.29) is 0 Å². The van der Waals surface area contributed by atoms with Gasteiger partial charge in [0.2, 0.25) is 0 Å². The third-order valence-corrected chi connectivity index (χ3v) is 13.1. The van der Waals surface area contributed by atoms with Crippen LogP contribution < -0.4 is 9.62 Å². The maximum absolute atomic E-state index is 10.9. The average Bonchev–Trinajstić information content (AvgIpc) is 3.04. The van der Waals surface area contributed by atoms with Crippen molar-refractivity contribution in [2.75, 3.05) is 50.4 Å². The molecule has 2 bridgehead atoms. The topological polar surface area (TPSA) is 35.6 Å². The number of anilines is 1. The predicted octanol–water partition coefficient (Wildman–Crippen LogP) is 10.8. The summed E-state index contributed by atoms with van der Waals surface area (Å²) in [4.78, 5) is 15.9. The molecule has 2 saturated carbocycles. The molecule has 0 amide bonds. The summed E-state index contributed by atoms with van der Waals surface area (Å²) in [5.41, 5.74) is 8.03. The second-order valence-corrected chi connectivity index (χ2v) is 18.4. The molecule has 1 aliphatic heterocycles. The molecule has 0 aromatic heterocycles. The van der Waals surface area contributed by atoms with Crippen LogP contribution in [-0.4, -0.2) is 56.7 Å². The average molecular weight is 692 g/mol. The van der Waals surface area contributed by atoms with E-state index in [2.05, 4.69) is 80.5 Å². The van der Waals surface area contributed by atoms with Crippen LogP contribution in [0.15, 0.2) is 54.1 Å². The summed E-state index contributed by atoms with van der Waals surface area (Å²) in [5, 5.41) is 0.800. The molecular formula is C42H62ClN3OS. The van der Waals surface area contributed by atoms with Crippen LogP contribution in [0.5, 0.6) is 0 Å². The highest BCUT2D eigenvalue weighted by Crippen LogP contribution is 2.59. The number of carbonyl (C=O) groups is 1. The van der Waals surface area contributed by atoms with Crippen molar-refractivity contribution in [3.63, 3.8) is 0 Å². The van der Waals surface area contributed by atoms with Gasteiger partial charge >= 0.3 is 0 Å². The Morgan fingerprint density at radius 3 is 2.33 bits per heavy atom. The van der Waals surface area contributed by atoms with Crippen molar-refractivity contribution in [2.24, 2.45) is 28.1 Å². The minimum atomic E-state index is 0.368. The second kappa shape index (κ2) is 16.5. The van der Waals surface area contributed by atoms with Crippen molar-refractivity contribution in [2.45, 2.75) is 98.8 Å². The van der Waals surface area contributed by atoms with Crippen LogP contribution in [-0.2, 0) is 0 Å². The lowest BCUT2D eigenvalue weighted by atomic mass is 9.51. The van der Waals surface area contributed by atoms with E-state index < -0.39 is 0 Å². The molecule has 2 aromatic rings. The maximum atomic E-state index is 10.9. The summed E-state index contributed by atoms with van der Waals surface area (Å²) >= 11 is 8.04. The smallest absolute Gasteiger partial charge is 0.150 e. The van der Waals surface area contributed by atoms with E-state index >= 15 is 0 Å². The zero-order chi connectivity index (χ0) is 34.4. The number of fused-ring (bicyclic) bond motifs is 2. The molecule has 6 rings (SSSR count). The van der Waals surface area contributed by atoms with Gasteiger partial charge in [-0.3, -0.25) is 14.4 Å². The summed E-state index contributed by atoms with van der Waals surface area (Å²) in [7, 11) is 2.06. The molecule has 2 aromatic carbocycles. The van der Waals surface area contributed by atoms with Crippen molar-refractivity contribution in [1.29, 1.82) is 0 Å². The van der Waals surface area contributed by atoms with E-state index in [9.17, 15) is 4.79 Å². The van der Waals surface area contributed by atoms with Crippen molar-refractivity contribution in [3.8, 4) is 0 Å². The van der Waals surface area contributed by atoms with Gasteiger partial charge in [0.1, 0.15) is 6.29 Å². The van der Waals surface area contributed by atoms with Gasteiger partial charge in [0.15, 0.2) is 0 Å². The zero-order valence-electron chi connectivity index (χ0n) is 30.8. The number of hydrogen-bond donors (Lipinski definition) is 1. The molecule has 0 radical (unpaired) electrons. The number of rotatable bonds is 10. The summed E-state index contributed by atoms with van der Waals surface area (Å²) in [5.74, 6) is 3.27. The fourth-order valence-electron chi connectivity index (χ4n) is 10.1. The predicted molar refractivity (Wildman–Crippen MR) is 209 cm³/mol. The fourth-order valence-corrected chi connectivity index (χ4v) is 10.9. The quantitative estimate of drug-likeness (QED) is 0.198. The number of carbonyl (C=O) groups excluding carboxylic acids is 1. The lowest BCUT2D eigenvalue weighted by Gasteiger charge is -2.55. The van der Waals surface area contributed by atoms with E-state index in [1.54, 1.807) is 5.57 Å². The fraction of sp³-hybridized carbons (Fsp3) is 0.643. The molecule has 4 aliphatic rings. The number of hydrogen-bond acceptors (Lipinski definition) is 5. The molecule has 4 atom stereocenters. The van der Waals surface area contributed by atoms with Gasteiger partial charge in [-0.05, 0) is 140 Å². The standard InChI is InChI=1S/C26H31ClN2O.C16H31NS/c1-26(2)12-11-25(21-5-7-23(27)8-6-21)22(17-26)18-28-13-15-29(16-14-28)24-9-3-20(19-30)4-10-24;1-5-6-16-8-13(2)7-14(10-16)9-15(3,11-16)12-18-17-4/h3-10,19H,11-18H2,1-2H3;13-14,17H,5-12H2,1-4H3. The number of nitrogens with zero attached hydrogens (tertiary/aromatic N) is 2. The number of nitrogens with one attached hydrogen (secondary N) is 1. The highest BCUT2D eigenvalue weighted by Gasteiger charge is 2.48. The molecule has 4 nitrogen and oxygen atoms in total. The van der Waals surface area contributed by atoms with E-state index in [1.165, 1.54) is 80.4 Å². The third-order valence-electron chi connectivity index (χ3n) is 11.7. The van der Waals surface area contributed by atoms with E-state index in [0.717, 1.165) is 67.9 Å². The maximum Gasteiger partial charge on any atom is 0.150 e. The lowest BCUT2D eigenvalue weighted by Crippen LogP contribution is -2.47. The molecule has 264 valence electrons. The van der Waals surface area contributed by atoms with Gasteiger partial charge in [0.25, 0.3) is 0 Å². The molecule has 3 fully saturated rings. The van der Waals surface area contributed by atoms with E-state index in [4.69, 9.17) is 11.6 Å². The molecule has 1 saturated heterocycles. The number of piperazine rings is 1. The molecule has 6 heteroatoms. The van der Waals surface area contributed by atoms with Gasteiger partial charge in [0.05, 0.1) is 0 Å². The molecule has 1 heterocycles. The number of aldehydes is 1. The van der Waals surface area contributed by atoms with E-state index in [0.29, 0.717) is 16.2 Å². The second-order valence-electron chi connectivity index (χ2n) is 17.0. The Hall–Kier alpha value is -1.79. The van der Waals surface area contributed by atoms with Crippen molar-refractivity contribution in [3.05, 3.63) is 70.3 Å². The first-order chi connectivity index (χ1) is 22.9. The Bertz CT molecular complexity index is 1360. The Morgan fingerprint density at radius 2 is 1.69 bits per heavy atom. The Balaban J connectivity index is 0.000000214. The first kappa shape index (κ1) is 37.5. The van der Waals surface area contributed by atoms with Crippen LogP contribution in [0.2, 0.25) is 5.02 Å². The summed E-state index contributed by atoms with van der Waals surface area (Å²) in [6.45, 7) is 17.4. The normalized spacial score (nSPS) is 28.9. The minimum Gasteiger partial charge on any atom is -0.369 e. The first-order valence-electron chi connectivity index (χ1n) is 18.7. The third kappa shape index (κ3) is 9.92. The van der Waals surface area contributed by atoms with Gasteiger partial charge in [-0.2, -0.15) is 0 Å². The van der Waals surface area contributed by atoms with Crippen LogP contribution in [0.25, 0.3) is 5.57 Å². The number of benzene rings is 2. The van der Waals surface area contributed by atoms with Crippen molar-refractivity contribution >= 4 is 41.1 Å². The summed E-state index contributed by atoms with van der Waals surface area (Å²) < 4.78 is 3.28. The van der Waals surface area contributed by atoms with Gasteiger partial charge in [0, 0.05) is 54.8 Å². The molecule has 1 N–H and O–H groups in total. The number of halogens is 1. The van der Waals surface area contributed by atoms with Crippen molar-refractivity contribution in [1.82, 2.24) is 9.62 Å². The van der Waals surface area contributed by atoms with Crippen LogP contribution in [0.3, 0.4) is 0 Å². The van der Waals surface area contributed by atoms with Crippen LogP contribution in [0, 0.1) is 28.1 Å². The van der Waals surface area contributed by atoms with Gasteiger partial charge < -0.3 is 4.90 Å². The monoisotopic (exact) mass is 691 g/mol. The van der Waals surface area contributed by atoms with Crippen LogP contribution in [0.4, 0.5) is 5.69 Å². The highest BCUT2D eigenvalue weighted by atomic mass is 35.5. The van der Waals surface area contributed by atoms with Gasteiger partial charge in [-0.15, -0.1) is 0 Å². The Kier molecular flexibility index (Phi) is 12.9. The molecule has 4 unspecified atom stereocenters. The lowest BCUT2D eigenvalue weighted by molar-refractivity contribution is -0.0249. The zero-order valence-corrected chi connectivity index (χ0v) is 32.3. The van der Waals surface area contributed by atoms with Crippen LogP contribution in [0.1, 0.15) is 115 Å². The highest BCUT2D eigenvalue weighted by molar-refractivity contribution is 7.97. The molecular weight excluding hydrogens is 630 g/mol. The first-order valence-corrected chi connectivity index (χ1v) is 20.1.